The second kappa shape index (κ2) is 9.69. The molecule has 4 nitrogen and oxygen atoms in total. The summed E-state index contributed by atoms with van der Waals surface area (Å²) in [6.45, 7) is 2.52. The summed E-state index contributed by atoms with van der Waals surface area (Å²) in [6, 6.07) is 23.9. The zero-order valence-corrected chi connectivity index (χ0v) is 16.6. The lowest BCUT2D eigenvalue weighted by molar-refractivity contribution is -0.141. The molecule has 1 atom stereocenters. The second-order valence-corrected chi connectivity index (χ2v) is 6.95. The highest BCUT2D eigenvalue weighted by Crippen LogP contribution is 2.24. The Kier molecular flexibility index (Phi) is 6.80. The van der Waals surface area contributed by atoms with Crippen molar-refractivity contribution in [3.05, 3.63) is 89.5 Å². The highest BCUT2D eigenvalue weighted by atomic mass is 16.5. The Morgan fingerprint density at radius 1 is 0.966 bits per heavy atom. The van der Waals surface area contributed by atoms with E-state index in [9.17, 15) is 9.59 Å². The van der Waals surface area contributed by atoms with Gasteiger partial charge in [0.2, 0.25) is 0 Å². The first-order valence-electron chi connectivity index (χ1n) is 9.50. The van der Waals surface area contributed by atoms with Crippen LogP contribution in [-0.4, -0.2) is 19.4 Å². The van der Waals surface area contributed by atoms with Crippen LogP contribution in [0.5, 0.6) is 5.75 Å². The Hall–Kier alpha value is -3.40. The number of carbonyl (C=O) groups excluding carboxylic acids is 2. The maximum atomic E-state index is 11.4. The van der Waals surface area contributed by atoms with Crippen molar-refractivity contribution in [1.82, 2.24) is 0 Å². The van der Waals surface area contributed by atoms with Gasteiger partial charge in [0.25, 0.3) is 0 Å². The second-order valence-electron chi connectivity index (χ2n) is 6.95. The normalized spacial score (nSPS) is 11.5. The number of methoxy groups -OCH3 is 1. The number of esters is 1. The molecule has 0 N–H and O–H groups in total. The smallest absolute Gasteiger partial charge is 0.306 e. The fourth-order valence-electron chi connectivity index (χ4n) is 3.07. The molecule has 0 unspecified atom stereocenters. The fraction of sp³-hybridized carbons (Fsp3) is 0.200. The number of aldehydes is 1. The number of rotatable bonds is 8. The van der Waals surface area contributed by atoms with Crippen molar-refractivity contribution in [2.75, 3.05) is 7.11 Å². The highest BCUT2D eigenvalue weighted by molar-refractivity contribution is 5.76. The van der Waals surface area contributed by atoms with Gasteiger partial charge in [-0.2, -0.15) is 0 Å². The molecule has 0 bridgehead atoms. The van der Waals surface area contributed by atoms with Crippen LogP contribution in [0.4, 0.5) is 0 Å². The molecule has 0 aromatic heterocycles. The summed E-state index contributed by atoms with van der Waals surface area (Å²) >= 11 is 0. The Morgan fingerprint density at radius 3 is 2.34 bits per heavy atom. The summed E-state index contributed by atoms with van der Waals surface area (Å²) in [6.07, 6.45) is 0.801. The summed E-state index contributed by atoms with van der Waals surface area (Å²) < 4.78 is 10.5. The molecule has 3 rings (SSSR count). The minimum absolute atomic E-state index is 0.0337. The number of aryl methyl sites for hydroxylation is 1. The van der Waals surface area contributed by atoms with E-state index in [1.807, 2.05) is 24.3 Å². The summed E-state index contributed by atoms with van der Waals surface area (Å²) in [7, 11) is 1.31. The number of benzene rings is 3. The Bertz CT molecular complexity index is 959. The van der Waals surface area contributed by atoms with E-state index in [-0.39, 0.29) is 6.42 Å². The SMILES string of the molecule is COC(=O)C[C@H](C=O)c1ccc(OCc2cccc(-c3ccc(C)cc3)c2)cc1. The predicted octanol–water partition coefficient (Wildman–Crippen LogP) is 5.09. The molecular weight excluding hydrogens is 364 g/mol. The Balaban J connectivity index is 1.64. The van der Waals surface area contributed by atoms with Gasteiger partial charge in [0.15, 0.2) is 0 Å². The molecule has 0 spiro atoms. The zero-order chi connectivity index (χ0) is 20.6. The summed E-state index contributed by atoms with van der Waals surface area (Å²) in [5, 5.41) is 0. The minimum Gasteiger partial charge on any atom is -0.489 e. The molecule has 29 heavy (non-hydrogen) atoms. The average Bonchev–Trinajstić information content (AvgIpc) is 2.77. The molecule has 0 heterocycles. The van der Waals surface area contributed by atoms with E-state index in [1.165, 1.54) is 18.2 Å². The van der Waals surface area contributed by atoms with Crippen molar-refractivity contribution >= 4 is 12.3 Å². The van der Waals surface area contributed by atoms with E-state index >= 15 is 0 Å². The molecule has 148 valence electrons. The first kappa shape index (κ1) is 20.3. The number of hydrogen-bond donors (Lipinski definition) is 0. The van der Waals surface area contributed by atoms with Gasteiger partial charge in [0.1, 0.15) is 18.6 Å². The standard InChI is InChI=1S/C25H24O4/c1-18-6-8-20(9-7-18)22-5-3-4-19(14-22)17-29-24-12-10-21(11-13-24)23(16-26)15-25(27)28-2/h3-14,16,23H,15,17H2,1-2H3/t23-/m1/s1. The van der Waals surface area contributed by atoms with Crippen molar-refractivity contribution < 1.29 is 19.1 Å². The van der Waals surface area contributed by atoms with Gasteiger partial charge in [-0.05, 0) is 47.4 Å². The summed E-state index contributed by atoms with van der Waals surface area (Å²) in [4.78, 5) is 22.7. The van der Waals surface area contributed by atoms with Crippen LogP contribution in [0.25, 0.3) is 11.1 Å². The molecule has 0 saturated carbocycles. The summed E-state index contributed by atoms with van der Waals surface area (Å²) in [5.74, 6) is -0.212. The molecule has 3 aromatic carbocycles. The van der Waals surface area contributed by atoms with Gasteiger partial charge in [-0.1, -0.05) is 60.2 Å². The molecule has 0 aliphatic rings. The largest absolute Gasteiger partial charge is 0.489 e. The van der Waals surface area contributed by atoms with Crippen molar-refractivity contribution in [1.29, 1.82) is 0 Å². The third-order valence-corrected chi connectivity index (χ3v) is 4.80. The van der Waals surface area contributed by atoms with Crippen molar-refractivity contribution in [2.45, 2.75) is 25.9 Å². The van der Waals surface area contributed by atoms with Gasteiger partial charge in [-0.15, -0.1) is 0 Å². The van der Waals surface area contributed by atoms with Crippen LogP contribution in [0.3, 0.4) is 0 Å². The van der Waals surface area contributed by atoms with E-state index in [0.717, 1.165) is 23.0 Å². The first-order chi connectivity index (χ1) is 14.1. The third-order valence-electron chi connectivity index (χ3n) is 4.80. The van der Waals surface area contributed by atoms with E-state index in [0.29, 0.717) is 12.4 Å². The van der Waals surface area contributed by atoms with Crippen LogP contribution in [0, 0.1) is 6.92 Å². The van der Waals surface area contributed by atoms with Crippen molar-refractivity contribution in [3.8, 4) is 16.9 Å². The van der Waals surface area contributed by atoms with Gasteiger partial charge in [-0.25, -0.2) is 0 Å². The Morgan fingerprint density at radius 2 is 1.69 bits per heavy atom. The Labute approximate surface area is 171 Å². The maximum absolute atomic E-state index is 11.4. The zero-order valence-electron chi connectivity index (χ0n) is 16.6. The van der Waals surface area contributed by atoms with E-state index < -0.39 is 11.9 Å². The number of ether oxygens (including phenoxy) is 2. The monoisotopic (exact) mass is 388 g/mol. The molecule has 0 aliphatic heterocycles. The molecule has 0 saturated heterocycles. The summed E-state index contributed by atoms with van der Waals surface area (Å²) in [5.41, 5.74) is 5.40. The topological polar surface area (TPSA) is 52.6 Å². The lowest BCUT2D eigenvalue weighted by Gasteiger charge is -2.11. The van der Waals surface area contributed by atoms with E-state index in [2.05, 4.69) is 48.1 Å². The maximum Gasteiger partial charge on any atom is 0.306 e. The lowest BCUT2D eigenvalue weighted by Crippen LogP contribution is -2.09. The molecule has 0 aliphatic carbocycles. The van der Waals surface area contributed by atoms with Crippen LogP contribution in [0.2, 0.25) is 0 Å². The molecule has 0 amide bonds. The third kappa shape index (κ3) is 5.55. The molecular formula is C25H24O4. The predicted molar refractivity (Wildman–Crippen MR) is 113 cm³/mol. The minimum atomic E-state index is -0.511. The van der Waals surface area contributed by atoms with Gasteiger partial charge < -0.3 is 14.3 Å². The highest BCUT2D eigenvalue weighted by Gasteiger charge is 2.15. The van der Waals surface area contributed by atoms with Crippen LogP contribution in [0.1, 0.15) is 29.0 Å². The first-order valence-corrected chi connectivity index (χ1v) is 9.50. The van der Waals surface area contributed by atoms with E-state index in [4.69, 9.17) is 4.74 Å². The van der Waals surface area contributed by atoms with Crippen molar-refractivity contribution in [2.24, 2.45) is 0 Å². The van der Waals surface area contributed by atoms with Gasteiger partial charge >= 0.3 is 5.97 Å². The molecule has 0 radical (unpaired) electrons. The molecule has 4 heteroatoms. The van der Waals surface area contributed by atoms with Gasteiger partial charge in [0.05, 0.1) is 19.4 Å². The molecule has 0 fully saturated rings. The lowest BCUT2D eigenvalue weighted by atomic mass is 9.97. The number of carbonyl (C=O) groups is 2. The van der Waals surface area contributed by atoms with E-state index in [1.54, 1.807) is 12.1 Å². The van der Waals surface area contributed by atoms with Crippen LogP contribution in [0.15, 0.2) is 72.8 Å². The fourth-order valence-corrected chi connectivity index (χ4v) is 3.07. The quantitative estimate of drug-likeness (QED) is 0.399. The van der Waals surface area contributed by atoms with Crippen LogP contribution >= 0.6 is 0 Å². The van der Waals surface area contributed by atoms with Crippen molar-refractivity contribution in [3.63, 3.8) is 0 Å². The van der Waals surface area contributed by atoms with Crippen LogP contribution in [-0.2, 0) is 20.9 Å². The van der Waals surface area contributed by atoms with Gasteiger partial charge in [0, 0.05) is 0 Å². The molecule has 3 aromatic rings. The number of hydrogen-bond acceptors (Lipinski definition) is 4. The van der Waals surface area contributed by atoms with Gasteiger partial charge in [-0.3, -0.25) is 4.79 Å². The van der Waals surface area contributed by atoms with Crippen LogP contribution < -0.4 is 4.74 Å². The average molecular weight is 388 g/mol.